The highest BCUT2D eigenvalue weighted by molar-refractivity contribution is 9.10. The lowest BCUT2D eigenvalue weighted by atomic mass is 10.2. The van der Waals surface area contributed by atoms with Crippen LogP contribution < -0.4 is 0 Å². The lowest BCUT2D eigenvalue weighted by Gasteiger charge is -1.95. The Morgan fingerprint density at radius 2 is 2.24 bits per heavy atom. The number of aliphatic hydroxyl groups excluding tert-OH is 1. The molecule has 0 spiro atoms. The standard InChI is InChI=1S/C12H13BrClNO2/c1-7-6-9(14)15-11-10(13)8(17-12(7)11)4-2-3-5-16/h6,16H,2-5H2,1H3. The molecule has 0 bridgehead atoms. The van der Waals surface area contributed by atoms with Gasteiger partial charge in [0.2, 0.25) is 0 Å². The van der Waals surface area contributed by atoms with Crippen LogP contribution in [-0.2, 0) is 6.42 Å². The molecule has 92 valence electrons. The summed E-state index contributed by atoms with van der Waals surface area (Å²) in [6, 6.07) is 1.79. The molecule has 0 aromatic carbocycles. The monoisotopic (exact) mass is 317 g/mol. The number of furan rings is 1. The molecular formula is C12H13BrClNO2. The predicted molar refractivity (Wildman–Crippen MR) is 71.5 cm³/mol. The largest absolute Gasteiger partial charge is 0.458 e. The smallest absolute Gasteiger partial charge is 0.156 e. The number of aryl methyl sites for hydroxylation is 2. The molecule has 5 heteroatoms. The van der Waals surface area contributed by atoms with Crippen molar-refractivity contribution in [3.05, 3.63) is 27.0 Å². The summed E-state index contributed by atoms with van der Waals surface area (Å²) in [4.78, 5) is 4.26. The van der Waals surface area contributed by atoms with E-state index in [4.69, 9.17) is 21.1 Å². The fourth-order valence-electron chi connectivity index (χ4n) is 1.76. The zero-order valence-electron chi connectivity index (χ0n) is 9.46. The first-order chi connectivity index (χ1) is 8.13. The summed E-state index contributed by atoms with van der Waals surface area (Å²) in [5, 5.41) is 9.23. The second-order valence-corrected chi connectivity index (χ2v) is 5.14. The maximum atomic E-state index is 8.76. The molecule has 0 saturated carbocycles. The summed E-state index contributed by atoms with van der Waals surface area (Å²) in [6.45, 7) is 2.16. The number of unbranched alkanes of at least 4 members (excludes halogenated alkanes) is 1. The van der Waals surface area contributed by atoms with Crippen molar-refractivity contribution in [2.24, 2.45) is 0 Å². The van der Waals surface area contributed by atoms with Crippen LogP contribution in [-0.4, -0.2) is 16.7 Å². The van der Waals surface area contributed by atoms with Crippen molar-refractivity contribution in [3.63, 3.8) is 0 Å². The summed E-state index contributed by atoms with van der Waals surface area (Å²) in [7, 11) is 0. The van der Waals surface area contributed by atoms with Crippen LogP contribution in [0.3, 0.4) is 0 Å². The molecule has 0 amide bonds. The number of nitrogens with zero attached hydrogens (tertiary/aromatic N) is 1. The number of rotatable bonds is 4. The summed E-state index contributed by atoms with van der Waals surface area (Å²) < 4.78 is 6.65. The van der Waals surface area contributed by atoms with Gasteiger partial charge in [0.05, 0.1) is 4.47 Å². The van der Waals surface area contributed by atoms with Crippen LogP contribution in [0.15, 0.2) is 15.0 Å². The normalized spacial score (nSPS) is 11.3. The molecule has 2 rings (SSSR count). The van der Waals surface area contributed by atoms with E-state index >= 15 is 0 Å². The average molecular weight is 319 g/mol. The van der Waals surface area contributed by atoms with Crippen molar-refractivity contribution >= 4 is 38.6 Å². The van der Waals surface area contributed by atoms with Crippen LogP contribution in [0, 0.1) is 6.92 Å². The number of hydrogen-bond donors (Lipinski definition) is 1. The molecule has 0 atom stereocenters. The minimum atomic E-state index is 0.209. The van der Waals surface area contributed by atoms with Crippen LogP contribution >= 0.6 is 27.5 Å². The van der Waals surface area contributed by atoms with E-state index in [1.165, 1.54) is 0 Å². The fourth-order valence-corrected chi connectivity index (χ4v) is 2.55. The molecule has 0 aliphatic heterocycles. The molecule has 3 nitrogen and oxygen atoms in total. The zero-order chi connectivity index (χ0) is 12.4. The van der Waals surface area contributed by atoms with Crippen LogP contribution in [0.2, 0.25) is 5.15 Å². The Morgan fingerprint density at radius 1 is 1.47 bits per heavy atom. The van der Waals surface area contributed by atoms with Gasteiger partial charge in [-0.15, -0.1) is 0 Å². The van der Waals surface area contributed by atoms with Crippen molar-refractivity contribution < 1.29 is 9.52 Å². The number of fused-ring (bicyclic) bond motifs is 1. The van der Waals surface area contributed by atoms with Gasteiger partial charge in [-0.3, -0.25) is 0 Å². The summed E-state index contributed by atoms with van der Waals surface area (Å²) in [6.07, 6.45) is 2.45. The van der Waals surface area contributed by atoms with Gasteiger partial charge in [-0.25, -0.2) is 4.98 Å². The van der Waals surface area contributed by atoms with Gasteiger partial charge in [-0.05, 0) is 47.3 Å². The first kappa shape index (κ1) is 12.9. The van der Waals surface area contributed by atoms with E-state index in [9.17, 15) is 0 Å². The van der Waals surface area contributed by atoms with Gasteiger partial charge in [-0.1, -0.05) is 11.6 Å². The van der Waals surface area contributed by atoms with Crippen LogP contribution in [0.25, 0.3) is 11.1 Å². The molecule has 2 aromatic heterocycles. The van der Waals surface area contributed by atoms with Gasteiger partial charge in [0.25, 0.3) is 0 Å². The zero-order valence-corrected chi connectivity index (χ0v) is 11.8. The fraction of sp³-hybridized carbons (Fsp3) is 0.417. The minimum Gasteiger partial charge on any atom is -0.458 e. The molecular weight excluding hydrogens is 305 g/mol. The molecule has 0 unspecified atom stereocenters. The maximum absolute atomic E-state index is 8.76. The summed E-state index contributed by atoms with van der Waals surface area (Å²) >= 11 is 9.42. The third-order valence-electron chi connectivity index (χ3n) is 2.62. The number of halogens is 2. The lowest BCUT2D eigenvalue weighted by molar-refractivity contribution is 0.283. The molecule has 0 aliphatic rings. The van der Waals surface area contributed by atoms with E-state index in [0.29, 0.717) is 5.15 Å². The van der Waals surface area contributed by atoms with E-state index in [2.05, 4.69) is 20.9 Å². The Hall–Kier alpha value is -0.580. The van der Waals surface area contributed by atoms with Crippen molar-refractivity contribution in [1.29, 1.82) is 0 Å². The Kier molecular flexibility index (Phi) is 4.07. The number of aliphatic hydroxyl groups is 1. The van der Waals surface area contributed by atoms with Crippen LogP contribution in [0.5, 0.6) is 0 Å². The second kappa shape index (κ2) is 5.38. The molecule has 0 aliphatic carbocycles. The van der Waals surface area contributed by atoms with Gasteiger partial charge in [0.1, 0.15) is 16.4 Å². The van der Waals surface area contributed by atoms with E-state index in [0.717, 1.165) is 46.2 Å². The van der Waals surface area contributed by atoms with Gasteiger partial charge in [0, 0.05) is 13.0 Å². The van der Waals surface area contributed by atoms with Gasteiger partial charge in [-0.2, -0.15) is 0 Å². The maximum Gasteiger partial charge on any atom is 0.156 e. The molecule has 2 aromatic rings. The topological polar surface area (TPSA) is 46.3 Å². The first-order valence-electron chi connectivity index (χ1n) is 5.48. The van der Waals surface area contributed by atoms with E-state index in [-0.39, 0.29) is 6.61 Å². The van der Waals surface area contributed by atoms with Gasteiger partial charge in [0.15, 0.2) is 5.58 Å². The lowest BCUT2D eigenvalue weighted by Crippen LogP contribution is -1.87. The van der Waals surface area contributed by atoms with Crippen molar-refractivity contribution in [3.8, 4) is 0 Å². The third-order valence-corrected chi connectivity index (χ3v) is 3.63. The highest BCUT2D eigenvalue weighted by atomic mass is 79.9. The number of hydrogen-bond acceptors (Lipinski definition) is 3. The highest BCUT2D eigenvalue weighted by Crippen LogP contribution is 2.33. The molecule has 2 heterocycles. The Balaban J connectivity index is 2.39. The average Bonchev–Trinajstić information content (AvgIpc) is 2.58. The molecule has 0 saturated heterocycles. The van der Waals surface area contributed by atoms with Crippen LogP contribution in [0.1, 0.15) is 24.2 Å². The van der Waals surface area contributed by atoms with Crippen molar-refractivity contribution in [2.45, 2.75) is 26.2 Å². The first-order valence-corrected chi connectivity index (χ1v) is 6.65. The van der Waals surface area contributed by atoms with E-state index in [1.807, 2.05) is 6.92 Å². The van der Waals surface area contributed by atoms with Gasteiger partial charge >= 0.3 is 0 Å². The van der Waals surface area contributed by atoms with Crippen molar-refractivity contribution in [1.82, 2.24) is 4.98 Å². The SMILES string of the molecule is Cc1cc(Cl)nc2c(Br)c(CCCCO)oc12. The second-order valence-electron chi connectivity index (χ2n) is 3.96. The van der Waals surface area contributed by atoms with E-state index < -0.39 is 0 Å². The van der Waals surface area contributed by atoms with E-state index in [1.54, 1.807) is 6.07 Å². The Morgan fingerprint density at radius 3 is 2.94 bits per heavy atom. The van der Waals surface area contributed by atoms with Crippen molar-refractivity contribution in [2.75, 3.05) is 6.61 Å². The molecule has 0 radical (unpaired) electrons. The Bertz CT molecular complexity index is 539. The van der Waals surface area contributed by atoms with Gasteiger partial charge < -0.3 is 9.52 Å². The minimum absolute atomic E-state index is 0.209. The highest BCUT2D eigenvalue weighted by Gasteiger charge is 2.15. The number of pyridine rings is 1. The summed E-state index contributed by atoms with van der Waals surface area (Å²) in [5.41, 5.74) is 2.53. The third kappa shape index (κ3) is 2.64. The summed E-state index contributed by atoms with van der Waals surface area (Å²) in [5.74, 6) is 0.867. The van der Waals surface area contributed by atoms with Crippen LogP contribution in [0.4, 0.5) is 0 Å². The predicted octanol–water partition coefficient (Wildman–Crippen LogP) is 3.87. The Labute approximate surface area is 113 Å². The number of aromatic nitrogens is 1. The molecule has 0 fully saturated rings. The molecule has 1 N–H and O–H groups in total. The quantitative estimate of drug-likeness (QED) is 0.687. The molecule has 17 heavy (non-hydrogen) atoms.